The molecule has 1 saturated heterocycles. The molecule has 2 aromatic rings. The first-order valence-electron chi connectivity index (χ1n) is 8.95. The van der Waals surface area contributed by atoms with Crippen LogP contribution in [-0.4, -0.2) is 49.2 Å². The maximum atomic E-state index is 13.0. The number of benzene rings is 1. The maximum Gasteiger partial charge on any atom is 0.246 e. The van der Waals surface area contributed by atoms with Crippen LogP contribution in [0.5, 0.6) is 5.88 Å². The Bertz CT molecular complexity index is 685. The Morgan fingerprint density at radius 3 is 2.58 bits per heavy atom. The minimum atomic E-state index is -0.281. The molecule has 0 aliphatic carbocycles. The van der Waals surface area contributed by atoms with Crippen LogP contribution in [0.2, 0.25) is 0 Å². The predicted molar refractivity (Wildman–Crippen MR) is 100 cm³/mol. The zero-order chi connectivity index (χ0) is 18.2. The molecule has 1 aliphatic heterocycles. The van der Waals surface area contributed by atoms with Gasteiger partial charge in [-0.25, -0.2) is 4.98 Å². The average Bonchev–Trinajstić information content (AvgIpc) is 3.19. The van der Waals surface area contributed by atoms with E-state index in [1.54, 1.807) is 25.4 Å². The minimum Gasteiger partial charge on any atom is -0.475 e. The van der Waals surface area contributed by atoms with E-state index in [2.05, 4.69) is 15.2 Å². The molecule has 0 bridgehead atoms. The fourth-order valence-electron chi connectivity index (χ4n) is 3.14. The third kappa shape index (κ3) is 4.80. The van der Waals surface area contributed by atoms with Gasteiger partial charge in [-0.3, -0.25) is 9.69 Å². The quantitative estimate of drug-likeness (QED) is 0.738. The number of ether oxygens (including phenoxy) is 2. The van der Waals surface area contributed by atoms with Gasteiger partial charge < -0.3 is 14.8 Å². The number of amides is 1. The van der Waals surface area contributed by atoms with Gasteiger partial charge in [0.15, 0.2) is 0 Å². The van der Waals surface area contributed by atoms with Crippen LogP contribution in [0, 0.1) is 0 Å². The molecule has 1 amide bonds. The van der Waals surface area contributed by atoms with Gasteiger partial charge in [0.25, 0.3) is 0 Å². The Balaban J connectivity index is 1.67. The summed E-state index contributed by atoms with van der Waals surface area (Å²) in [4.78, 5) is 19.4. The molecule has 1 aliphatic rings. The third-order valence-corrected chi connectivity index (χ3v) is 4.41. The van der Waals surface area contributed by atoms with Crippen LogP contribution >= 0.6 is 0 Å². The first kappa shape index (κ1) is 18.4. The number of aromatic nitrogens is 1. The lowest BCUT2D eigenvalue weighted by Gasteiger charge is -2.26. The molecule has 138 valence electrons. The number of hydrogen-bond acceptors (Lipinski definition) is 5. The summed E-state index contributed by atoms with van der Waals surface area (Å²) in [5.74, 6) is 0.479. The number of likely N-dealkylation sites (tertiary alicyclic amines) is 1. The van der Waals surface area contributed by atoms with E-state index in [0.29, 0.717) is 24.8 Å². The van der Waals surface area contributed by atoms with E-state index in [1.165, 1.54) is 0 Å². The van der Waals surface area contributed by atoms with Gasteiger partial charge in [0.05, 0.1) is 18.5 Å². The lowest BCUT2D eigenvalue weighted by atomic mass is 10.0. The fourth-order valence-corrected chi connectivity index (χ4v) is 3.14. The van der Waals surface area contributed by atoms with Crippen molar-refractivity contribution in [3.8, 4) is 5.88 Å². The molecule has 1 atom stereocenters. The number of nitrogens with one attached hydrogen (secondary N) is 1. The number of anilines is 1. The summed E-state index contributed by atoms with van der Waals surface area (Å²) in [6.45, 7) is 2.84. The fraction of sp³-hybridized carbons (Fsp3) is 0.400. The Morgan fingerprint density at radius 2 is 1.92 bits per heavy atom. The number of nitrogens with zero attached hydrogens (tertiary/aromatic N) is 2. The maximum absolute atomic E-state index is 13.0. The summed E-state index contributed by atoms with van der Waals surface area (Å²) in [5.41, 5.74) is 1.67. The van der Waals surface area contributed by atoms with Gasteiger partial charge in [-0.05, 0) is 37.6 Å². The topological polar surface area (TPSA) is 63.7 Å². The van der Waals surface area contributed by atoms with Gasteiger partial charge in [0.2, 0.25) is 11.8 Å². The molecule has 0 saturated carbocycles. The normalized spacial score (nSPS) is 15.6. The Hall–Kier alpha value is -2.44. The molecular formula is C20H25N3O3. The van der Waals surface area contributed by atoms with Gasteiger partial charge in [-0.15, -0.1) is 0 Å². The van der Waals surface area contributed by atoms with Gasteiger partial charge >= 0.3 is 0 Å². The summed E-state index contributed by atoms with van der Waals surface area (Å²) in [6.07, 6.45) is 3.88. The first-order valence-corrected chi connectivity index (χ1v) is 8.95. The van der Waals surface area contributed by atoms with Crippen LogP contribution in [0.25, 0.3) is 0 Å². The summed E-state index contributed by atoms with van der Waals surface area (Å²) in [7, 11) is 1.62. The van der Waals surface area contributed by atoms with Crippen molar-refractivity contribution >= 4 is 11.6 Å². The molecule has 26 heavy (non-hydrogen) atoms. The zero-order valence-electron chi connectivity index (χ0n) is 15.1. The van der Waals surface area contributed by atoms with E-state index >= 15 is 0 Å². The van der Waals surface area contributed by atoms with Crippen molar-refractivity contribution in [1.82, 2.24) is 9.88 Å². The highest BCUT2D eigenvalue weighted by atomic mass is 16.5. The highest BCUT2D eigenvalue weighted by Gasteiger charge is 2.29. The van der Waals surface area contributed by atoms with Gasteiger partial charge in [0, 0.05) is 13.2 Å². The molecule has 1 aromatic heterocycles. The first-order chi connectivity index (χ1) is 12.8. The highest BCUT2D eigenvalue weighted by Crippen LogP contribution is 2.26. The van der Waals surface area contributed by atoms with E-state index in [9.17, 15) is 4.79 Å². The Morgan fingerprint density at radius 1 is 1.15 bits per heavy atom. The molecule has 6 nitrogen and oxygen atoms in total. The molecule has 3 rings (SSSR count). The smallest absolute Gasteiger partial charge is 0.246 e. The van der Waals surface area contributed by atoms with Crippen LogP contribution in [0.15, 0.2) is 48.7 Å². The van der Waals surface area contributed by atoms with Gasteiger partial charge in [0.1, 0.15) is 12.6 Å². The number of carbonyl (C=O) groups is 1. The second-order valence-corrected chi connectivity index (χ2v) is 6.27. The lowest BCUT2D eigenvalue weighted by Crippen LogP contribution is -2.35. The number of methoxy groups -OCH3 is 1. The lowest BCUT2D eigenvalue weighted by molar-refractivity contribution is -0.121. The summed E-state index contributed by atoms with van der Waals surface area (Å²) < 4.78 is 10.4. The van der Waals surface area contributed by atoms with Crippen molar-refractivity contribution in [3.05, 3.63) is 54.2 Å². The molecule has 1 unspecified atom stereocenters. The monoisotopic (exact) mass is 355 g/mol. The van der Waals surface area contributed by atoms with Crippen molar-refractivity contribution in [1.29, 1.82) is 0 Å². The van der Waals surface area contributed by atoms with Crippen molar-refractivity contribution in [3.63, 3.8) is 0 Å². The van der Waals surface area contributed by atoms with Crippen molar-refractivity contribution in [2.75, 3.05) is 38.7 Å². The molecule has 1 aromatic carbocycles. The van der Waals surface area contributed by atoms with E-state index in [1.807, 2.05) is 30.3 Å². The van der Waals surface area contributed by atoms with Crippen LogP contribution in [0.4, 0.5) is 5.69 Å². The second-order valence-electron chi connectivity index (χ2n) is 6.27. The SMILES string of the molecule is COCCOc1ccc(NC(=O)C(c2ccccc2)N2CCCC2)cn1. The number of hydrogen-bond donors (Lipinski definition) is 1. The molecule has 1 fully saturated rings. The molecule has 0 radical (unpaired) electrons. The summed E-state index contributed by atoms with van der Waals surface area (Å²) in [6, 6.07) is 13.2. The average molecular weight is 355 g/mol. The van der Waals surface area contributed by atoms with Crippen molar-refractivity contribution in [2.45, 2.75) is 18.9 Å². The Labute approximate surface area is 154 Å². The van der Waals surface area contributed by atoms with Crippen LogP contribution in [-0.2, 0) is 9.53 Å². The van der Waals surface area contributed by atoms with Crippen LogP contribution in [0.1, 0.15) is 24.4 Å². The standard InChI is InChI=1S/C20H25N3O3/c1-25-13-14-26-18-10-9-17(15-21-18)22-20(24)19(23-11-5-6-12-23)16-7-3-2-4-8-16/h2-4,7-10,15,19H,5-6,11-14H2,1H3,(H,22,24). The van der Waals surface area contributed by atoms with E-state index in [0.717, 1.165) is 31.5 Å². The minimum absolute atomic E-state index is 0.0343. The molecular weight excluding hydrogens is 330 g/mol. The second kappa shape index (κ2) is 9.31. The largest absolute Gasteiger partial charge is 0.475 e. The highest BCUT2D eigenvalue weighted by molar-refractivity contribution is 5.95. The number of pyridine rings is 1. The van der Waals surface area contributed by atoms with E-state index in [-0.39, 0.29) is 11.9 Å². The Kier molecular flexibility index (Phi) is 6.57. The van der Waals surface area contributed by atoms with Crippen LogP contribution < -0.4 is 10.1 Å². The third-order valence-electron chi connectivity index (χ3n) is 4.41. The molecule has 6 heteroatoms. The summed E-state index contributed by atoms with van der Waals surface area (Å²) >= 11 is 0. The van der Waals surface area contributed by atoms with Crippen molar-refractivity contribution in [2.24, 2.45) is 0 Å². The van der Waals surface area contributed by atoms with E-state index in [4.69, 9.17) is 9.47 Å². The van der Waals surface area contributed by atoms with Gasteiger partial charge in [-0.2, -0.15) is 0 Å². The number of carbonyl (C=O) groups excluding carboxylic acids is 1. The summed E-state index contributed by atoms with van der Waals surface area (Å²) in [5, 5.41) is 2.99. The number of rotatable bonds is 8. The molecule has 2 heterocycles. The molecule has 1 N–H and O–H groups in total. The predicted octanol–water partition coefficient (Wildman–Crippen LogP) is 2.88. The molecule has 0 spiro atoms. The van der Waals surface area contributed by atoms with Gasteiger partial charge in [-0.1, -0.05) is 30.3 Å². The zero-order valence-corrected chi connectivity index (χ0v) is 15.1. The van der Waals surface area contributed by atoms with Crippen LogP contribution in [0.3, 0.4) is 0 Å². The van der Waals surface area contributed by atoms with Crippen molar-refractivity contribution < 1.29 is 14.3 Å². The van der Waals surface area contributed by atoms with E-state index < -0.39 is 0 Å².